The van der Waals surface area contributed by atoms with Gasteiger partial charge in [-0.3, -0.25) is 4.99 Å². The molecule has 2 rings (SSSR count). The van der Waals surface area contributed by atoms with Crippen LogP contribution in [0.1, 0.15) is 13.3 Å². The first kappa shape index (κ1) is 11.7. The van der Waals surface area contributed by atoms with Crippen LogP contribution in [0.15, 0.2) is 23.2 Å². The lowest BCUT2D eigenvalue weighted by Gasteiger charge is -2.07. The van der Waals surface area contributed by atoms with Gasteiger partial charge >= 0.3 is 0 Å². The van der Waals surface area contributed by atoms with Crippen molar-refractivity contribution in [1.29, 1.82) is 0 Å². The van der Waals surface area contributed by atoms with Crippen LogP contribution in [-0.4, -0.2) is 17.0 Å². The van der Waals surface area contributed by atoms with Crippen molar-refractivity contribution < 1.29 is 4.39 Å². The normalized spacial score (nSPS) is 19.7. The van der Waals surface area contributed by atoms with Gasteiger partial charge in [-0.1, -0.05) is 30.3 Å². The number of rotatable bonds is 2. The van der Waals surface area contributed by atoms with E-state index in [-0.39, 0.29) is 5.02 Å². The van der Waals surface area contributed by atoms with Crippen LogP contribution in [0.2, 0.25) is 5.02 Å². The number of hydrogen-bond acceptors (Lipinski definition) is 3. The standard InChI is InChI=1S/C11H12ClFN2S/c1-2-8-6-14-11(16-8)15-7-3-4-9(12)10(13)5-7/h3-5,8H,2,6H2,1H3,(H,14,15). The summed E-state index contributed by atoms with van der Waals surface area (Å²) in [4.78, 5) is 4.35. The van der Waals surface area contributed by atoms with Crippen LogP contribution in [-0.2, 0) is 0 Å². The molecule has 0 aromatic heterocycles. The third kappa shape index (κ3) is 2.68. The molecule has 2 nitrogen and oxygen atoms in total. The number of hydrogen-bond donors (Lipinski definition) is 1. The molecule has 1 aromatic rings. The summed E-state index contributed by atoms with van der Waals surface area (Å²) in [7, 11) is 0. The van der Waals surface area contributed by atoms with E-state index in [4.69, 9.17) is 11.6 Å². The van der Waals surface area contributed by atoms with Gasteiger partial charge in [-0.25, -0.2) is 4.39 Å². The van der Waals surface area contributed by atoms with Crippen molar-refractivity contribution in [3.8, 4) is 0 Å². The molecule has 1 N–H and O–H groups in total. The Labute approximate surface area is 103 Å². The lowest BCUT2D eigenvalue weighted by molar-refractivity contribution is 0.629. The van der Waals surface area contributed by atoms with Crippen molar-refractivity contribution in [3.05, 3.63) is 29.0 Å². The SMILES string of the molecule is CCC1CN=C(Nc2ccc(Cl)c(F)c2)S1. The van der Waals surface area contributed by atoms with Gasteiger partial charge in [0.15, 0.2) is 5.17 Å². The summed E-state index contributed by atoms with van der Waals surface area (Å²) in [6.45, 7) is 2.97. The molecule has 86 valence electrons. The molecule has 0 amide bonds. The Morgan fingerprint density at radius 3 is 3.06 bits per heavy atom. The molecule has 0 saturated heterocycles. The van der Waals surface area contributed by atoms with Crippen molar-refractivity contribution in [3.63, 3.8) is 0 Å². The minimum Gasteiger partial charge on any atom is -0.335 e. The highest BCUT2D eigenvalue weighted by Gasteiger charge is 2.17. The quantitative estimate of drug-likeness (QED) is 0.873. The smallest absolute Gasteiger partial charge is 0.161 e. The lowest BCUT2D eigenvalue weighted by atomic mass is 10.3. The van der Waals surface area contributed by atoms with Crippen molar-refractivity contribution in [2.75, 3.05) is 11.9 Å². The Kier molecular flexibility index (Phi) is 3.71. The van der Waals surface area contributed by atoms with Crippen LogP contribution >= 0.6 is 23.4 Å². The predicted octanol–water partition coefficient (Wildman–Crippen LogP) is 3.77. The Bertz CT molecular complexity index is 422. The molecular weight excluding hydrogens is 247 g/mol. The number of halogens is 2. The maximum Gasteiger partial charge on any atom is 0.161 e. The number of nitrogens with one attached hydrogen (secondary N) is 1. The Balaban J connectivity index is 2.02. The number of benzene rings is 1. The van der Waals surface area contributed by atoms with Gasteiger partial charge in [0, 0.05) is 10.9 Å². The van der Waals surface area contributed by atoms with Gasteiger partial charge in [-0.2, -0.15) is 0 Å². The van der Waals surface area contributed by atoms with E-state index in [0.717, 1.165) is 18.1 Å². The molecule has 1 aliphatic heterocycles. The molecule has 0 bridgehead atoms. The maximum atomic E-state index is 13.2. The van der Waals surface area contributed by atoms with E-state index in [1.807, 2.05) is 0 Å². The summed E-state index contributed by atoms with van der Waals surface area (Å²) < 4.78 is 13.2. The largest absolute Gasteiger partial charge is 0.335 e. The number of anilines is 1. The zero-order valence-corrected chi connectivity index (χ0v) is 10.4. The number of nitrogens with zero attached hydrogens (tertiary/aromatic N) is 1. The number of aliphatic imine (C=N–C) groups is 1. The molecular formula is C11H12ClFN2S. The molecule has 0 aliphatic carbocycles. The molecule has 0 saturated carbocycles. The zero-order valence-electron chi connectivity index (χ0n) is 8.84. The van der Waals surface area contributed by atoms with Gasteiger partial charge in [0.1, 0.15) is 5.82 Å². The molecule has 0 fully saturated rings. The summed E-state index contributed by atoms with van der Waals surface area (Å²) in [6.07, 6.45) is 1.09. The molecule has 1 heterocycles. The minimum absolute atomic E-state index is 0.137. The van der Waals surface area contributed by atoms with Gasteiger partial charge in [0.2, 0.25) is 0 Å². The Morgan fingerprint density at radius 2 is 2.44 bits per heavy atom. The van der Waals surface area contributed by atoms with Crippen molar-refractivity contribution in [2.24, 2.45) is 4.99 Å². The van der Waals surface area contributed by atoms with E-state index in [9.17, 15) is 4.39 Å². The van der Waals surface area contributed by atoms with Gasteiger partial charge in [0.25, 0.3) is 0 Å². The third-order valence-electron chi connectivity index (χ3n) is 2.34. The van der Waals surface area contributed by atoms with Crippen molar-refractivity contribution in [2.45, 2.75) is 18.6 Å². The van der Waals surface area contributed by atoms with E-state index in [1.54, 1.807) is 17.8 Å². The van der Waals surface area contributed by atoms with E-state index in [0.29, 0.717) is 10.9 Å². The summed E-state index contributed by atoms with van der Waals surface area (Å²) in [5.41, 5.74) is 0.685. The van der Waals surface area contributed by atoms with Crippen molar-refractivity contribution >= 4 is 34.2 Å². The highest BCUT2D eigenvalue weighted by Crippen LogP contribution is 2.25. The topological polar surface area (TPSA) is 24.4 Å². The van der Waals surface area contributed by atoms with E-state index in [2.05, 4.69) is 17.2 Å². The summed E-state index contributed by atoms with van der Waals surface area (Å²) in [5, 5.41) is 4.62. The molecule has 0 radical (unpaired) electrons. The second kappa shape index (κ2) is 5.06. The molecule has 0 spiro atoms. The van der Waals surface area contributed by atoms with Crippen LogP contribution in [0, 0.1) is 5.82 Å². The molecule has 1 aromatic carbocycles. The summed E-state index contributed by atoms with van der Waals surface area (Å²) >= 11 is 7.30. The predicted molar refractivity (Wildman–Crippen MR) is 69.0 cm³/mol. The van der Waals surface area contributed by atoms with E-state index in [1.165, 1.54) is 12.1 Å². The minimum atomic E-state index is -0.415. The van der Waals surface area contributed by atoms with Gasteiger partial charge in [-0.15, -0.1) is 0 Å². The fourth-order valence-electron chi connectivity index (χ4n) is 1.40. The van der Waals surface area contributed by atoms with Gasteiger partial charge in [-0.05, 0) is 24.6 Å². The van der Waals surface area contributed by atoms with E-state index >= 15 is 0 Å². The molecule has 16 heavy (non-hydrogen) atoms. The monoisotopic (exact) mass is 258 g/mol. The zero-order chi connectivity index (χ0) is 11.5. The number of amidine groups is 1. The number of thioether (sulfide) groups is 1. The first-order chi connectivity index (χ1) is 7.69. The maximum absolute atomic E-state index is 13.2. The highest BCUT2D eigenvalue weighted by atomic mass is 35.5. The third-order valence-corrected chi connectivity index (χ3v) is 3.92. The molecule has 1 atom stereocenters. The van der Waals surface area contributed by atoms with Crippen molar-refractivity contribution in [1.82, 2.24) is 0 Å². The summed E-state index contributed by atoms with van der Waals surface area (Å²) in [6, 6.07) is 4.66. The second-order valence-corrected chi connectivity index (χ2v) is 5.24. The average Bonchev–Trinajstić information content (AvgIpc) is 2.71. The summed E-state index contributed by atoms with van der Waals surface area (Å²) in [5.74, 6) is -0.415. The van der Waals surface area contributed by atoms with Crippen LogP contribution in [0.25, 0.3) is 0 Å². The first-order valence-corrected chi connectivity index (χ1v) is 6.38. The molecule has 1 unspecified atom stereocenters. The van der Waals surface area contributed by atoms with Gasteiger partial charge in [0.05, 0.1) is 11.6 Å². The van der Waals surface area contributed by atoms with Crippen LogP contribution < -0.4 is 5.32 Å². The van der Waals surface area contributed by atoms with E-state index < -0.39 is 5.82 Å². The molecule has 1 aliphatic rings. The fraction of sp³-hybridized carbons (Fsp3) is 0.364. The van der Waals surface area contributed by atoms with Crippen LogP contribution in [0.4, 0.5) is 10.1 Å². The first-order valence-electron chi connectivity index (χ1n) is 5.12. The fourth-order valence-corrected chi connectivity index (χ4v) is 2.47. The van der Waals surface area contributed by atoms with Gasteiger partial charge < -0.3 is 5.32 Å². The van der Waals surface area contributed by atoms with Crippen LogP contribution in [0.3, 0.4) is 0 Å². The Hall–Kier alpha value is -0.740. The Morgan fingerprint density at radius 1 is 1.62 bits per heavy atom. The van der Waals surface area contributed by atoms with Crippen LogP contribution in [0.5, 0.6) is 0 Å². The average molecular weight is 259 g/mol. The lowest BCUT2D eigenvalue weighted by Crippen LogP contribution is -2.07. The second-order valence-electron chi connectivity index (χ2n) is 3.55. The highest BCUT2D eigenvalue weighted by molar-refractivity contribution is 8.15. The molecule has 5 heteroatoms.